The maximum absolute atomic E-state index is 13.1. The van der Waals surface area contributed by atoms with Gasteiger partial charge in [-0.05, 0) is 30.4 Å². The van der Waals surface area contributed by atoms with Crippen molar-refractivity contribution < 1.29 is 32.7 Å². The van der Waals surface area contributed by atoms with Crippen LogP contribution in [0.4, 0.5) is 13.2 Å². The van der Waals surface area contributed by atoms with Crippen LogP contribution in [0.5, 0.6) is 0 Å². The summed E-state index contributed by atoms with van der Waals surface area (Å²) in [6.45, 7) is 0.196. The van der Waals surface area contributed by atoms with E-state index in [1.54, 1.807) is 0 Å². The second kappa shape index (κ2) is 5.87. The standard InChI is InChI=1S/C15H16F3N3O4/c16-15(17,18)5-8(7-3-4-20-12(7)22)6-1-2-9-10(19)13(23)21(9)11(6)14(24)25/h9-10H,1-5,19H2,(H,20,22)(H,24,25)/t9-,10+/m1/s1. The summed E-state index contributed by atoms with van der Waals surface area (Å²) >= 11 is 0. The van der Waals surface area contributed by atoms with Crippen molar-refractivity contribution in [1.29, 1.82) is 0 Å². The Morgan fingerprint density at radius 1 is 1.32 bits per heavy atom. The minimum atomic E-state index is -4.62. The minimum Gasteiger partial charge on any atom is -0.477 e. The fraction of sp³-hybridized carbons (Fsp3) is 0.533. The Bertz CT molecular complexity index is 726. The third-order valence-electron chi connectivity index (χ3n) is 4.73. The van der Waals surface area contributed by atoms with Gasteiger partial charge in [0.1, 0.15) is 11.7 Å². The van der Waals surface area contributed by atoms with Gasteiger partial charge < -0.3 is 16.2 Å². The fourth-order valence-electron chi connectivity index (χ4n) is 3.64. The van der Waals surface area contributed by atoms with Gasteiger partial charge in [0.2, 0.25) is 11.8 Å². The molecule has 2 fully saturated rings. The third kappa shape index (κ3) is 2.90. The lowest BCUT2D eigenvalue weighted by molar-refractivity contribution is -0.152. The van der Waals surface area contributed by atoms with Crippen molar-refractivity contribution in [3.63, 3.8) is 0 Å². The summed E-state index contributed by atoms with van der Waals surface area (Å²) in [5.74, 6) is -2.77. The number of halogens is 3. The van der Waals surface area contributed by atoms with Crippen molar-refractivity contribution >= 4 is 17.8 Å². The zero-order valence-corrected chi connectivity index (χ0v) is 13.0. The number of nitrogens with two attached hydrogens (primary N) is 1. The zero-order chi connectivity index (χ0) is 18.5. The number of rotatable bonds is 3. The van der Waals surface area contributed by atoms with E-state index < -0.39 is 48.2 Å². The number of amides is 2. The number of fused-ring (bicyclic) bond motifs is 1. The molecular formula is C15H16F3N3O4. The maximum Gasteiger partial charge on any atom is 0.393 e. The lowest BCUT2D eigenvalue weighted by Gasteiger charge is -2.49. The molecule has 3 heterocycles. The second-order valence-corrected chi connectivity index (χ2v) is 6.23. The van der Waals surface area contributed by atoms with E-state index in [1.807, 2.05) is 0 Å². The van der Waals surface area contributed by atoms with Crippen molar-refractivity contribution in [3.05, 3.63) is 22.4 Å². The molecule has 0 unspecified atom stereocenters. The zero-order valence-electron chi connectivity index (χ0n) is 13.0. The predicted octanol–water partition coefficient (Wildman–Crippen LogP) is 0.426. The Kier molecular flexibility index (Phi) is 4.10. The largest absolute Gasteiger partial charge is 0.477 e. The lowest BCUT2D eigenvalue weighted by atomic mass is 9.80. The summed E-state index contributed by atoms with van der Waals surface area (Å²) in [6.07, 6.45) is -5.67. The van der Waals surface area contributed by atoms with Crippen molar-refractivity contribution in [1.82, 2.24) is 10.2 Å². The monoisotopic (exact) mass is 359 g/mol. The number of hydrogen-bond donors (Lipinski definition) is 3. The van der Waals surface area contributed by atoms with Gasteiger partial charge in [0.05, 0.1) is 12.5 Å². The number of nitrogens with one attached hydrogen (secondary N) is 1. The molecule has 2 saturated heterocycles. The first kappa shape index (κ1) is 17.5. The van der Waals surface area contributed by atoms with E-state index in [9.17, 15) is 32.7 Å². The Hall–Kier alpha value is -2.36. The highest BCUT2D eigenvalue weighted by molar-refractivity contribution is 6.02. The quantitative estimate of drug-likeness (QED) is 0.500. The van der Waals surface area contributed by atoms with Crippen LogP contribution in [0.3, 0.4) is 0 Å². The lowest BCUT2D eigenvalue weighted by Crippen LogP contribution is -2.69. The summed E-state index contributed by atoms with van der Waals surface area (Å²) in [4.78, 5) is 36.5. The first-order valence-electron chi connectivity index (χ1n) is 7.74. The number of carboxylic acid groups (broad SMARTS) is 1. The molecule has 0 saturated carbocycles. The van der Waals surface area contributed by atoms with Gasteiger partial charge in [-0.1, -0.05) is 0 Å². The van der Waals surface area contributed by atoms with Crippen molar-refractivity contribution in [2.24, 2.45) is 5.73 Å². The molecule has 3 rings (SSSR count). The first-order valence-corrected chi connectivity index (χ1v) is 7.74. The van der Waals surface area contributed by atoms with Gasteiger partial charge in [-0.3, -0.25) is 14.5 Å². The Balaban J connectivity index is 2.15. The van der Waals surface area contributed by atoms with Gasteiger partial charge >= 0.3 is 12.1 Å². The molecule has 2 amide bonds. The van der Waals surface area contributed by atoms with E-state index in [1.165, 1.54) is 0 Å². The summed E-state index contributed by atoms with van der Waals surface area (Å²) in [7, 11) is 0. The van der Waals surface area contributed by atoms with Gasteiger partial charge in [-0.2, -0.15) is 13.2 Å². The van der Waals surface area contributed by atoms with Crippen LogP contribution in [0, 0.1) is 0 Å². The molecule has 3 aliphatic heterocycles. The number of carboxylic acids is 1. The van der Waals surface area contributed by atoms with Crippen LogP contribution in [0.1, 0.15) is 25.7 Å². The Labute approximate surface area is 140 Å². The average molecular weight is 359 g/mol. The molecule has 0 aromatic carbocycles. The van der Waals surface area contributed by atoms with Gasteiger partial charge in [-0.15, -0.1) is 0 Å². The molecule has 4 N–H and O–H groups in total. The summed E-state index contributed by atoms with van der Waals surface area (Å²) in [5.41, 5.74) is 4.64. The molecule has 3 aliphatic rings. The van der Waals surface area contributed by atoms with E-state index in [2.05, 4.69) is 5.32 Å². The van der Waals surface area contributed by atoms with Crippen LogP contribution in [0.25, 0.3) is 0 Å². The number of carbonyl (C=O) groups excluding carboxylic acids is 2. The Morgan fingerprint density at radius 2 is 2.00 bits per heavy atom. The van der Waals surface area contributed by atoms with Crippen LogP contribution in [-0.4, -0.2) is 52.6 Å². The second-order valence-electron chi connectivity index (χ2n) is 6.23. The van der Waals surface area contributed by atoms with Crippen molar-refractivity contribution in [3.8, 4) is 0 Å². The van der Waals surface area contributed by atoms with Crippen LogP contribution in [0.2, 0.25) is 0 Å². The van der Waals surface area contributed by atoms with Gasteiger partial charge in [-0.25, -0.2) is 4.79 Å². The van der Waals surface area contributed by atoms with E-state index >= 15 is 0 Å². The molecule has 0 radical (unpaired) electrons. The molecule has 0 bridgehead atoms. The van der Waals surface area contributed by atoms with E-state index in [4.69, 9.17) is 5.73 Å². The smallest absolute Gasteiger partial charge is 0.393 e. The van der Waals surface area contributed by atoms with Crippen LogP contribution in [-0.2, 0) is 14.4 Å². The highest BCUT2D eigenvalue weighted by Crippen LogP contribution is 2.42. The topological polar surface area (TPSA) is 113 Å². The van der Waals surface area contributed by atoms with E-state index in [-0.39, 0.29) is 42.5 Å². The number of hydrogen-bond acceptors (Lipinski definition) is 4. The van der Waals surface area contributed by atoms with Crippen LogP contribution >= 0.6 is 0 Å². The highest BCUT2D eigenvalue weighted by Gasteiger charge is 2.52. The SMILES string of the molecule is N[C@@H]1C(=O)N2C(C(=O)O)=C(C(CC(F)(F)F)=C3CCNC3=O)CC[C@H]12. The van der Waals surface area contributed by atoms with E-state index in [0.717, 1.165) is 4.90 Å². The number of nitrogens with zero attached hydrogens (tertiary/aromatic N) is 1. The normalized spacial score (nSPS) is 28.6. The van der Waals surface area contributed by atoms with Crippen molar-refractivity contribution in [2.45, 2.75) is 43.9 Å². The molecule has 7 nitrogen and oxygen atoms in total. The molecule has 0 spiro atoms. The molecule has 25 heavy (non-hydrogen) atoms. The molecule has 2 atom stereocenters. The predicted molar refractivity (Wildman–Crippen MR) is 77.8 cm³/mol. The summed E-state index contributed by atoms with van der Waals surface area (Å²) in [6, 6.07) is -1.37. The van der Waals surface area contributed by atoms with Gasteiger partial charge in [0.15, 0.2) is 0 Å². The number of alkyl halides is 3. The molecular weight excluding hydrogens is 343 g/mol. The van der Waals surface area contributed by atoms with Gasteiger partial charge in [0, 0.05) is 12.1 Å². The summed E-state index contributed by atoms with van der Waals surface area (Å²) in [5, 5.41) is 11.9. The molecule has 0 aromatic heterocycles. The van der Waals surface area contributed by atoms with Crippen LogP contribution in [0.15, 0.2) is 22.4 Å². The Morgan fingerprint density at radius 3 is 2.52 bits per heavy atom. The molecule has 136 valence electrons. The van der Waals surface area contributed by atoms with Crippen LogP contribution < -0.4 is 11.1 Å². The number of carbonyl (C=O) groups is 3. The molecule has 10 heteroatoms. The number of β-lactam (4-membered cyclic amide) rings is 1. The fourth-order valence-corrected chi connectivity index (χ4v) is 3.64. The summed E-state index contributed by atoms with van der Waals surface area (Å²) < 4.78 is 39.2. The first-order chi connectivity index (χ1) is 11.6. The van der Waals surface area contributed by atoms with Crippen molar-refractivity contribution in [2.75, 3.05) is 6.54 Å². The van der Waals surface area contributed by atoms with Gasteiger partial charge in [0.25, 0.3) is 0 Å². The molecule has 0 aromatic rings. The third-order valence-corrected chi connectivity index (χ3v) is 4.73. The maximum atomic E-state index is 13.1. The minimum absolute atomic E-state index is 0.0198. The number of allylic oxidation sites excluding steroid dienone is 2. The average Bonchev–Trinajstić information content (AvgIpc) is 2.95. The highest BCUT2D eigenvalue weighted by atomic mass is 19.4. The number of aliphatic carboxylic acids is 1. The van der Waals surface area contributed by atoms with E-state index in [0.29, 0.717) is 0 Å². The molecule has 0 aliphatic carbocycles.